The molecule has 232 valence electrons. The zero-order valence-electron chi connectivity index (χ0n) is 25.2. The molecule has 0 unspecified atom stereocenters. The van der Waals surface area contributed by atoms with Crippen LogP contribution in [0.15, 0.2) is 91.0 Å². The molecule has 9 heteroatoms. The van der Waals surface area contributed by atoms with Gasteiger partial charge in [-0.1, -0.05) is 67.8 Å². The monoisotopic (exact) mass is 607 g/mol. The van der Waals surface area contributed by atoms with E-state index in [9.17, 15) is 14.4 Å². The van der Waals surface area contributed by atoms with Gasteiger partial charge in [0.15, 0.2) is 0 Å². The van der Waals surface area contributed by atoms with Gasteiger partial charge in [-0.05, 0) is 55.3 Å². The molecule has 1 aliphatic carbocycles. The summed E-state index contributed by atoms with van der Waals surface area (Å²) in [5.41, 5.74) is 0.111. The maximum Gasteiger partial charge on any atom is 0.246 e. The van der Waals surface area contributed by atoms with Crippen molar-refractivity contribution in [3.8, 4) is 17.2 Å². The van der Waals surface area contributed by atoms with E-state index in [1.807, 2.05) is 66.7 Å². The van der Waals surface area contributed by atoms with Gasteiger partial charge in [0, 0.05) is 17.3 Å². The Balaban J connectivity index is 1.15. The van der Waals surface area contributed by atoms with Crippen LogP contribution in [0.2, 0.25) is 0 Å². The van der Waals surface area contributed by atoms with Crippen LogP contribution in [0, 0.1) is 11.8 Å². The smallest absolute Gasteiger partial charge is 0.246 e. The fraction of sp³-hybridized carbons (Fsp3) is 0.361. The highest BCUT2D eigenvalue weighted by Gasteiger charge is 2.72. The van der Waals surface area contributed by atoms with Gasteiger partial charge in [-0.3, -0.25) is 14.4 Å². The number of nitrogens with zero attached hydrogens (tertiary/aromatic N) is 1. The first-order valence-electron chi connectivity index (χ1n) is 15.7. The molecule has 0 aromatic heterocycles. The lowest BCUT2D eigenvalue weighted by Crippen LogP contribution is -2.56. The van der Waals surface area contributed by atoms with Crippen molar-refractivity contribution >= 4 is 23.4 Å². The third-order valence-electron chi connectivity index (χ3n) is 9.51. The van der Waals surface area contributed by atoms with E-state index in [2.05, 4.69) is 10.6 Å². The first-order chi connectivity index (χ1) is 22.0. The Morgan fingerprint density at radius 1 is 0.911 bits per heavy atom. The summed E-state index contributed by atoms with van der Waals surface area (Å²) < 4.78 is 18.0. The van der Waals surface area contributed by atoms with Crippen LogP contribution in [-0.4, -0.2) is 53.5 Å². The number of carbonyl (C=O) groups excluding carboxylic acids is 3. The molecule has 45 heavy (non-hydrogen) atoms. The molecule has 2 saturated heterocycles. The number of anilines is 1. The van der Waals surface area contributed by atoms with Crippen molar-refractivity contribution in [3.05, 3.63) is 96.6 Å². The number of carbonyl (C=O) groups is 3. The summed E-state index contributed by atoms with van der Waals surface area (Å²) in [6.07, 6.45) is 8.17. The number of fused-ring (bicyclic) bond motifs is 1. The number of benzene rings is 3. The third-order valence-corrected chi connectivity index (χ3v) is 9.51. The van der Waals surface area contributed by atoms with Crippen LogP contribution in [0.25, 0.3) is 0 Å². The first kappa shape index (κ1) is 29.1. The molecule has 3 heterocycles. The molecule has 3 aromatic rings. The number of likely N-dealkylation sites (tertiary alicyclic amines) is 1. The highest BCUT2D eigenvalue weighted by atomic mass is 16.5. The van der Waals surface area contributed by atoms with E-state index in [4.69, 9.17) is 14.2 Å². The Bertz CT molecular complexity index is 1600. The Labute approximate surface area is 262 Å². The lowest BCUT2D eigenvalue weighted by molar-refractivity contribution is -0.142. The van der Waals surface area contributed by atoms with Crippen LogP contribution in [0.1, 0.15) is 37.7 Å². The average molecular weight is 608 g/mol. The quantitative estimate of drug-likeness (QED) is 0.323. The van der Waals surface area contributed by atoms with Gasteiger partial charge in [0.2, 0.25) is 17.7 Å². The van der Waals surface area contributed by atoms with Gasteiger partial charge in [0.25, 0.3) is 0 Å². The zero-order valence-corrected chi connectivity index (χ0v) is 25.2. The van der Waals surface area contributed by atoms with E-state index < -0.39 is 29.6 Å². The molecule has 3 amide bonds. The molecule has 3 aliphatic heterocycles. The SMILES string of the molecule is COc1ccccc1CN1C(=O)[C@H]2[C@H](C(=O)Nc3ccc(Oc4ccccc4)cc3)[C@H]3C=C[C@@]2(O3)[C@H]1C(=O)NC1CCCCC1. The Hall–Kier alpha value is -4.63. The van der Waals surface area contributed by atoms with Gasteiger partial charge in [0.1, 0.15) is 28.9 Å². The van der Waals surface area contributed by atoms with Gasteiger partial charge in [-0.25, -0.2) is 0 Å². The number of methoxy groups -OCH3 is 1. The van der Waals surface area contributed by atoms with Crippen molar-refractivity contribution in [1.82, 2.24) is 10.2 Å². The maximum atomic E-state index is 14.4. The Kier molecular flexibility index (Phi) is 7.79. The van der Waals surface area contributed by atoms with Gasteiger partial charge in [-0.2, -0.15) is 0 Å². The first-order valence-corrected chi connectivity index (χ1v) is 15.7. The van der Waals surface area contributed by atoms with Crippen LogP contribution in [0.5, 0.6) is 17.2 Å². The summed E-state index contributed by atoms with van der Waals surface area (Å²) in [6.45, 7) is 0.156. The molecule has 2 bridgehead atoms. The van der Waals surface area contributed by atoms with E-state index >= 15 is 0 Å². The van der Waals surface area contributed by atoms with Gasteiger partial charge in [0.05, 0.1) is 31.6 Å². The molecule has 2 N–H and O–H groups in total. The summed E-state index contributed by atoms with van der Waals surface area (Å²) in [6, 6.07) is 23.1. The number of hydrogen-bond acceptors (Lipinski definition) is 6. The van der Waals surface area contributed by atoms with E-state index in [-0.39, 0.29) is 30.3 Å². The van der Waals surface area contributed by atoms with Gasteiger partial charge < -0.3 is 29.7 Å². The molecule has 3 aromatic carbocycles. The fourth-order valence-corrected chi connectivity index (χ4v) is 7.44. The predicted octanol–water partition coefficient (Wildman–Crippen LogP) is 5.23. The number of nitrogens with one attached hydrogen (secondary N) is 2. The van der Waals surface area contributed by atoms with E-state index in [0.29, 0.717) is 22.9 Å². The molecule has 4 aliphatic rings. The second-order valence-corrected chi connectivity index (χ2v) is 12.3. The Morgan fingerprint density at radius 2 is 1.62 bits per heavy atom. The number of rotatable bonds is 9. The Morgan fingerprint density at radius 3 is 2.38 bits per heavy atom. The van der Waals surface area contributed by atoms with Crippen molar-refractivity contribution in [2.45, 2.75) is 62.4 Å². The van der Waals surface area contributed by atoms with Crippen LogP contribution >= 0.6 is 0 Å². The molecule has 5 atom stereocenters. The van der Waals surface area contributed by atoms with Crippen LogP contribution < -0.4 is 20.1 Å². The average Bonchev–Trinajstić information content (AvgIpc) is 3.70. The summed E-state index contributed by atoms with van der Waals surface area (Å²) >= 11 is 0. The maximum absolute atomic E-state index is 14.4. The van der Waals surface area contributed by atoms with Crippen molar-refractivity contribution < 1.29 is 28.6 Å². The van der Waals surface area contributed by atoms with Gasteiger partial charge in [-0.15, -0.1) is 0 Å². The number of hydrogen-bond donors (Lipinski definition) is 2. The minimum atomic E-state index is -1.24. The molecule has 7 rings (SSSR count). The lowest BCUT2D eigenvalue weighted by Gasteiger charge is -2.34. The van der Waals surface area contributed by atoms with E-state index in [1.54, 1.807) is 36.3 Å². The molecule has 3 fully saturated rings. The molecule has 1 spiro atoms. The molecule has 0 radical (unpaired) electrons. The van der Waals surface area contributed by atoms with Gasteiger partial charge >= 0.3 is 0 Å². The molecule has 1 saturated carbocycles. The standard InChI is InChI=1S/C36H37N3O6/c1-43-28-15-9-8-10-23(28)22-39-32(34(41)38-24-11-4-2-5-12-24)36-21-20-29(45-36)30(31(36)35(39)42)33(40)37-25-16-18-27(19-17-25)44-26-13-6-3-7-14-26/h3,6-10,13-21,24,29-32H,2,4-5,11-12,22H2,1H3,(H,37,40)(H,38,41)/t29-,30-,31-,32-,36+/m1/s1. The minimum Gasteiger partial charge on any atom is -0.496 e. The third kappa shape index (κ3) is 5.35. The van der Waals surface area contributed by atoms with Crippen molar-refractivity contribution in [3.63, 3.8) is 0 Å². The number of para-hydroxylation sites is 2. The number of ether oxygens (including phenoxy) is 3. The van der Waals surface area contributed by atoms with Crippen molar-refractivity contribution in [2.75, 3.05) is 12.4 Å². The van der Waals surface area contributed by atoms with E-state index in [0.717, 1.165) is 37.7 Å². The second kappa shape index (κ2) is 12.0. The molecular weight excluding hydrogens is 570 g/mol. The summed E-state index contributed by atoms with van der Waals surface area (Å²) in [4.78, 5) is 43.9. The summed E-state index contributed by atoms with van der Waals surface area (Å²) in [5.74, 6) is -0.510. The fourth-order valence-electron chi connectivity index (χ4n) is 7.44. The summed E-state index contributed by atoms with van der Waals surface area (Å²) in [5, 5.41) is 6.21. The predicted molar refractivity (Wildman–Crippen MR) is 168 cm³/mol. The molecular formula is C36H37N3O6. The highest BCUT2D eigenvalue weighted by Crippen LogP contribution is 2.55. The normalized spacial score (nSPS) is 26.9. The molecule has 9 nitrogen and oxygen atoms in total. The minimum absolute atomic E-state index is 0.0560. The van der Waals surface area contributed by atoms with Crippen LogP contribution in [0.3, 0.4) is 0 Å². The zero-order chi connectivity index (χ0) is 31.0. The lowest BCUT2D eigenvalue weighted by atomic mass is 9.74. The second-order valence-electron chi connectivity index (χ2n) is 12.3. The van der Waals surface area contributed by atoms with Crippen molar-refractivity contribution in [1.29, 1.82) is 0 Å². The topological polar surface area (TPSA) is 106 Å². The van der Waals surface area contributed by atoms with E-state index in [1.165, 1.54) is 0 Å². The summed E-state index contributed by atoms with van der Waals surface area (Å²) in [7, 11) is 1.58. The largest absolute Gasteiger partial charge is 0.496 e. The van der Waals surface area contributed by atoms with Crippen molar-refractivity contribution in [2.24, 2.45) is 11.8 Å². The van der Waals surface area contributed by atoms with Crippen LogP contribution in [-0.2, 0) is 25.7 Å². The van der Waals surface area contributed by atoms with Crippen LogP contribution in [0.4, 0.5) is 5.69 Å². The highest BCUT2D eigenvalue weighted by molar-refractivity contribution is 6.02. The number of amides is 3.